The Morgan fingerprint density at radius 3 is 2.85 bits per heavy atom. The Morgan fingerprint density at radius 1 is 1.35 bits per heavy atom. The molecular weight excluding hydrogens is 256 g/mol. The summed E-state index contributed by atoms with van der Waals surface area (Å²) >= 11 is 0. The molecule has 0 amide bonds. The van der Waals surface area contributed by atoms with Crippen molar-refractivity contribution >= 4 is 5.69 Å². The second kappa shape index (κ2) is 6.78. The molecule has 0 aliphatic carbocycles. The van der Waals surface area contributed by atoms with Crippen molar-refractivity contribution in [3.8, 4) is 0 Å². The molecule has 0 saturated carbocycles. The van der Waals surface area contributed by atoms with E-state index in [1.54, 1.807) is 12.1 Å². The summed E-state index contributed by atoms with van der Waals surface area (Å²) < 4.78 is 0. The lowest BCUT2D eigenvalue weighted by Crippen LogP contribution is -2.53. The molecule has 0 spiro atoms. The molecule has 20 heavy (non-hydrogen) atoms. The van der Waals surface area contributed by atoms with E-state index in [0.29, 0.717) is 12.6 Å². The Kier molecular flexibility index (Phi) is 5.05. The van der Waals surface area contributed by atoms with Crippen molar-refractivity contribution in [2.45, 2.75) is 12.6 Å². The molecule has 1 atom stereocenters. The molecule has 110 valence electrons. The zero-order chi connectivity index (χ0) is 14.5. The molecule has 1 aliphatic heterocycles. The van der Waals surface area contributed by atoms with Crippen LogP contribution in [0.15, 0.2) is 24.3 Å². The van der Waals surface area contributed by atoms with Gasteiger partial charge in [-0.3, -0.25) is 15.0 Å². The summed E-state index contributed by atoms with van der Waals surface area (Å²) in [6.07, 6.45) is 0. The summed E-state index contributed by atoms with van der Waals surface area (Å²) in [7, 11) is 4.26. The van der Waals surface area contributed by atoms with E-state index in [4.69, 9.17) is 0 Å². The molecule has 1 aliphatic rings. The molecule has 1 N–H and O–H groups in total. The first-order valence-electron chi connectivity index (χ1n) is 6.89. The Balaban J connectivity index is 1.88. The number of piperazine rings is 1. The van der Waals surface area contributed by atoms with Crippen LogP contribution in [0.4, 0.5) is 5.69 Å². The smallest absolute Gasteiger partial charge is 0.273 e. The molecule has 2 rings (SSSR count). The molecule has 1 unspecified atom stereocenters. The Hall–Kier alpha value is -1.50. The van der Waals surface area contributed by atoms with Crippen molar-refractivity contribution in [1.29, 1.82) is 0 Å². The van der Waals surface area contributed by atoms with Gasteiger partial charge in [-0.15, -0.1) is 0 Å². The number of rotatable bonds is 5. The summed E-state index contributed by atoms with van der Waals surface area (Å²) in [4.78, 5) is 15.3. The molecule has 0 radical (unpaired) electrons. The van der Waals surface area contributed by atoms with Gasteiger partial charge in [0.05, 0.1) is 4.92 Å². The van der Waals surface area contributed by atoms with Crippen molar-refractivity contribution in [3.05, 3.63) is 39.9 Å². The van der Waals surface area contributed by atoms with E-state index in [0.717, 1.165) is 31.7 Å². The number of nitrogens with zero attached hydrogens (tertiary/aromatic N) is 3. The first kappa shape index (κ1) is 14.9. The maximum atomic E-state index is 10.9. The predicted octanol–water partition coefficient (Wildman–Crippen LogP) is 0.930. The Morgan fingerprint density at radius 2 is 2.10 bits per heavy atom. The average molecular weight is 278 g/mol. The van der Waals surface area contributed by atoms with Crippen LogP contribution in [0.3, 0.4) is 0 Å². The van der Waals surface area contributed by atoms with Gasteiger partial charge in [0.1, 0.15) is 0 Å². The fourth-order valence-corrected chi connectivity index (χ4v) is 2.53. The molecule has 6 heteroatoms. The van der Waals surface area contributed by atoms with E-state index in [1.807, 2.05) is 12.1 Å². The number of likely N-dealkylation sites (N-methyl/N-ethyl adjacent to an activating group) is 2. The van der Waals surface area contributed by atoms with E-state index < -0.39 is 0 Å². The lowest BCUT2D eigenvalue weighted by molar-refractivity contribution is -0.385. The van der Waals surface area contributed by atoms with Crippen LogP contribution in [-0.4, -0.2) is 61.0 Å². The molecule has 1 aromatic carbocycles. The predicted molar refractivity (Wildman–Crippen MR) is 78.7 cm³/mol. The van der Waals surface area contributed by atoms with E-state index in [1.165, 1.54) is 0 Å². The van der Waals surface area contributed by atoms with Gasteiger partial charge in [0, 0.05) is 50.4 Å². The van der Waals surface area contributed by atoms with Crippen molar-refractivity contribution in [2.75, 3.05) is 40.3 Å². The van der Waals surface area contributed by atoms with Gasteiger partial charge in [-0.05, 0) is 14.1 Å². The van der Waals surface area contributed by atoms with Gasteiger partial charge in [-0.1, -0.05) is 18.2 Å². The highest BCUT2D eigenvalue weighted by molar-refractivity contribution is 5.39. The van der Waals surface area contributed by atoms with Crippen molar-refractivity contribution in [3.63, 3.8) is 0 Å². The number of hydrogen-bond acceptors (Lipinski definition) is 5. The molecule has 1 fully saturated rings. The molecule has 1 heterocycles. The number of nitro benzene ring substituents is 1. The Bertz CT molecular complexity index is 466. The third-order valence-electron chi connectivity index (χ3n) is 3.86. The van der Waals surface area contributed by atoms with Crippen molar-refractivity contribution < 1.29 is 4.92 Å². The first-order chi connectivity index (χ1) is 9.58. The molecule has 6 nitrogen and oxygen atoms in total. The van der Waals surface area contributed by atoms with E-state index >= 15 is 0 Å². The van der Waals surface area contributed by atoms with Gasteiger partial charge >= 0.3 is 0 Å². The minimum Gasteiger partial charge on any atom is -0.311 e. The van der Waals surface area contributed by atoms with Gasteiger partial charge in [0.2, 0.25) is 0 Å². The van der Waals surface area contributed by atoms with Crippen LogP contribution in [0.5, 0.6) is 0 Å². The molecule has 0 bridgehead atoms. The van der Waals surface area contributed by atoms with Crippen LogP contribution >= 0.6 is 0 Å². The fourth-order valence-electron chi connectivity index (χ4n) is 2.53. The van der Waals surface area contributed by atoms with E-state index in [-0.39, 0.29) is 10.6 Å². The second-order valence-electron chi connectivity index (χ2n) is 5.41. The summed E-state index contributed by atoms with van der Waals surface area (Å²) in [5, 5.41) is 14.3. The number of benzene rings is 1. The fraction of sp³-hybridized carbons (Fsp3) is 0.571. The van der Waals surface area contributed by atoms with Crippen molar-refractivity contribution in [1.82, 2.24) is 15.1 Å². The standard InChI is InChI=1S/C14H22N4O2/c1-16-7-8-17(2)13(11-16)10-15-9-12-5-3-4-6-14(12)18(19)20/h3-6,13,15H,7-11H2,1-2H3. The maximum Gasteiger partial charge on any atom is 0.273 e. The first-order valence-corrected chi connectivity index (χ1v) is 6.89. The molecule has 1 aromatic rings. The number of hydrogen-bond donors (Lipinski definition) is 1. The van der Waals surface area contributed by atoms with Gasteiger partial charge in [0.25, 0.3) is 5.69 Å². The largest absolute Gasteiger partial charge is 0.311 e. The third-order valence-corrected chi connectivity index (χ3v) is 3.86. The third kappa shape index (κ3) is 3.75. The summed E-state index contributed by atoms with van der Waals surface area (Å²) in [5.41, 5.74) is 0.929. The highest BCUT2D eigenvalue weighted by Crippen LogP contribution is 2.17. The lowest BCUT2D eigenvalue weighted by Gasteiger charge is -2.37. The van der Waals surface area contributed by atoms with Gasteiger partial charge in [-0.2, -0.15) is 0 Å². The van der Waals surface area contributed by atoms with Gasteiger partial charge < -0.3 is 10.2 Å². The highest BCUT2D eigenvalue weighted by Gasteiger charge is 2.21. The SMILES string of the molecule is CN1CCN(C)C(CNCc2ccccc2[N+](=O)[O-])C1. The Labute approximate surface area is 119 Å². The quantitative estimate of drug-likeness (QED) is 0.641. The second-order valence-corrected chi connectivity index (χ2v) is 5.41. The summed E-state index contributed by atoms with van der Waals surface area (Å²) in [5.74, 6) is 0. The van der Waals surface area contributed by atoms with Crippen LogP contribution in [0.1, 0.15) is 5.56 Å². The minimum atomic E-state index is -0.322. The van der Waals surface area contributed by atoms with Crippen LogP contribution in [0.2, 0.25) is 0 Å². The maximum absolute atomic E-state index is 10.9. The van der Waals surface area contributed by atoms with Gasteiger partial charge in [0.15, 0.2) is 0 Å². The number of para-hydroxylation sites is 1. The van der Waals surface area contributed by atoms with Crippen LogP contribution < -0.4 is 5.32 Å². The highest BCUT2D eigenvalue weighted by atomic mass is 16.6. The zero-order valence-electron chi connectivity index (χ0n) is 12.1. The topological polar surface area (TPSA) is 61.6 Å². The number of nitrogens with one attached hydrogen (secondary N) is 1. The monoisotopic (exact) mass is 278 g/mol. The molecule has 1 saturated heterocycles. The number of nitro groups is 1. The van der Waals surface area contributed by atoms with Gasteiger partial charge in [-0.25, -0.2) is 0 Å². The summed E-state index contributed by atoms with van der Waals surface area (Å²) in [6, 6.07) is 7.35. The summed E-state index contributed by atoms with van der Waals surface area (Å²) in [6.45, 7) is 4.56. The van der Waals surface area contributed by atoms with E-state index in [9.17, 15) is 10.1 Å². The average Bonchev–Trinajstić information content (AvgIpc) is 2.43. The van der Waals surface area contributed by atoms with Crippen LogP contribution in [0.25, 0.3) is 0 Å². The molecule has 0 aromatic heterocycles. The van der Waals surface area contributed by atoms with Crippen LogP contribution in [-0.2, 0) is 6.54 Å². The minimum absolute atomic E-state index is 0.189. The van der Waals surface area contributed by atoms with E-state index in [2.05, 4.69) is 29.2 Å². The van der Waals surface area contributed by atoms with Crippen LogP contribution in [0, 0.1) is 10.1 Å². The molecular formula is C14H22N4O2. The zero-order valence-corrected chi connectivity index (χ0v) is 12.1. The lowest BCUT2D eigenvalue weighted by atomic mass is 10.1. The normalized spacial score (nSPS) is 21.0. The van der Waals surface area contributed by atoms with Crippen molar-refractivity contribution in [2.24, 2.45) is 0 Å².